The Morgan fingerprint density at radius 3 is 2.60 bits per heavy atom. The highest BCUT2D eigenvalue weighted by atomic mass is 127. The van der Waals surface area contributed by atoms with Crippen LogP contribution in [0.5, 0.6) is 11.5 Å². The van der Waals surface area contributed by atoms with Crippen LogP contribution in [0.4, 0.5) is 5.69 Å². The average Bonchev–Trinajstić information content (AvgIpc) is 3.36. The van der Waals surface area contributed by atoms with E-state index in [9.17, 15) is 14.4 Å². The van der Waals surface area contributed by atoms with E-state index in [-0.39, 0.29) is 19.1 Å². The molecule has 0 bridgehead atoms. The summed E-state index contributed by atoms with van der Waals surface area (Å²) in [5, 5.41) is 8.97. The van der Waals surface area contributed by atoms with Crippen LogP contribution >= 0.6 is 38.5 Å². The highest BCUT2D eigenvalue weighted by molar-refractivity contribution is 14.1. The van der Waals surface area contributed by atoms with Crippen molar-refractivity contribution in [3.8, 4) is 11.5 Å². The van der Waals surface area contributed by atoms with Crippen LogP contribution in [0.2, 0.25) is 0 Å². The van der Waals surface area contributed by atoms with Gasteiger partial charge < -0.3 is 24.5 Å². The molecule has 0 radical (unpaired) electrons. The number of benzene rings is 2. The van der Waals surface area contributed by atoms with Gasteiger partial charge in [0, 0.05) is 10.2 Å². The number of anilines is 1. The fraction of sp³-hybridized carbons (Fsp3) is 0.130. The predicted octanol–water partition coefficient (Wildman–Crippen LogP) is 3.44. The molecule has 2 aromatic carbocycles. The van der Waals surface area contributed by atoms with E-state index in [0.29, 0.717) is 32.1 Å². The molecular formula is C23H20BrIN4O6. The van der Waals surface area contributed by atoms with E-state index in [1.54, 1.807) is 36.4 Å². The molecule has 0 aliphatic rings. The van der Waals surface area contributed by atoms with Gasteiger partial charge in [0.05, 0.1) is 29.7 Å². The molecule has 0 aliphatic heterocycles. The number of nitrogens with zero attached hydrogens (tertiary/aromatic N) is 1. The lowest BCUT2D eigenvalue weighted by molar-refractivity contribution is -0.139. The monoisotopic (exact) mass is 654 g/mol. The first kappa shape index (κ1) is 26.2. The molecule has 10 nitrogen and oxygen atoms in total. The van der Waals surface area contributed by atoms with E-state index in [1.807, 2.05) is 34.7 Å². The summed E-state index contributed by atoms with van der Waals surface area (Å²) in [6, 6.07) is 13.9. The van der Waals surface area contributed by atoms with Crippen LogP contribution in [0.15, 0.2) is 68.8 Å². The van der Waals surface area contributed by atoms with Gasteiger partial charge in [-0.1, -0.05) is 15.9 Å². The number of halogens is 2. The molecule has 0 atom stereocenters. The summed E-state index contributed by atoms with van der Waals surface area (Å²) in [5.74, 6) is -0.829. The number of carbonyl (C=O) groups is 3. The standard InChI is InChI=1S/C23H20BrIN4O6/c1-33-19-10-14(11-27-29-23(32)22(31)26-12-17-3-2-8-34-17)9-18(25)21(19)35-13-20(30)28-16-6-4-15(24)5-7-16/h2-11H,12-13H2,1H3,(H,26,31)(H,28,30)(H,29,32)/b27-11-. The number of carbonyl (C=O) groups excluding carboxylic acids is 3. The van der Waals surface area contributed by atoms with Crippen LogP contribution in [0.1, 0.15) is 11.3 Å². The lowest BCUT2D eigenvalue weighted by Crippen LogP contribution is -2.37. The lowest BCUT2D eigenvalue weighted by atomic mass is 10.2. The van der Waals surface area contributed by atoms with E-state index in [2.05, 4.69) is 37.1 Å². The normalized spacial score (nSPS) is 10.6. The van der Waals surface area contributed by atoms with Crippen molar-refractivity contribution in [1.82, 2.24) is 10.7 Å². The number of nitrogens with one attached hydrogen (secondary N) is 3. The highest BCUT2D eigenvalue weighted by Crippen LogP contribution is 2.33. The first-order chi connectivity index (χ1) is 16.9. The molecule has 3 N–H and O–H groups in total. The summed E-state index contributed by atoms with van der Waals surface area (Å²) in [6.45, 7) is -0.139. The van der Waals surface area contributed by atoms with Crippen LogP contribution in [0.25, 0.3) is 0 Å². The molecule has 3 amide bonds. The quantitative estimate of drug-likeness (QED) is 0.140. The van der Waals surface area contributed by atoms with Crippen molar-refractivity contribution in [2.24, 2.45) is 5.10 Å². The van der Waals surface area contributed by atoms with Gasteiger partial charge >= 0.3 is 11.8 Å². The van der Waals surface area contributed by atoms with Crippen molar-refractivity contribution < 1.29 is 28.3 Å². The van der Waals surface area contributed by atoms with Gasteiger partial charge in [0.25, 0.3) is 5.91 Å². The van der Waals surface area contributed by atoms with Crippen LogP contribution < -0.4 is 25.5 Å². The summed E-state index contributed by atoms with van der Waals surface area (Å²) in [4.78, 5) is 35.9. The fourth-order valence-corrected chi connectivity index (χ4v) is 3.74. The zero-order chi connectivity index (χ0) is 25.2. The number of rotatable bonds is 9. The Bertz CT molecular complexity index is 1220. The maximum absolute atomic E-state index is 12.2. The third-order valence-electron chi connectivity index (χ3n) is 4.32. The first-order valence-electron chi connectivity index (χ1n) is 10.0. The number of hydrogen-bond donors (Lipinski definition) is 3. The van der Waals surface area contributed by atoms with Gasteiger partial charge in [0.2, 0.25) is 0 Å². The zero-order valence-electron chi connectivity index (χ0n) is 18.3. The minimum Gasteiger partial charge on any atom is -0.493 e. The van der Waals surface area contributed by atoms with E-state index in [4.69, 9.17) is 13.9 Å². The van der Waals surface area contributed by atoms with Crippen molar-refractivity contribution >= 4 is 68.1 Å². The van der Waals surface area contributed by atoms with Crippen LogP contribution in [-0.2, 0) is 20.9 Å². The molecule has 0 saturated heterocycles. The van der Waals surface area contributed by atoms with Gasteiger partial charge in [-0.3, -0.25) is 14.4 Å². The Morgan fingerprint density at radius 2 is 1.91 bits per heavy atom. The summed E-state index contributed by atoms with van der Waals surface area (Å²) >= 11 is 5.38. The Balaban J connectivity index is 1.54. The smallest absolute Gasteiger partial charge is 0.329 e. The van der Waals surface area contributed by atoms with Gasteiger partial charge in [-0.25, -0.2) is 5.43 Å². The number of ether oxygens (including phenoxy) is 2. The molecule has 0 saturated carbocycles. The second kappa shape index (κ2) is 12.9. The van der Waals surface area contributed by atoms with Crippen LogP contribution in [-0.4, -0.2) is 37.7 Å². The van der Waals surface area contributed by atoms with Gasteiger partial charge in [0.15, 0.2) is 18.1 Å². The zero-order valence-corrected chi connectivity index (χ0v) is 22.1. The molecule has 1 aromatic heterocycles. The maximum Gasteiger partial charge on any atom is 0.329 e. The van der Waals surface area contributed by atoms with Gasteiger partial charge in [-0.2, -0.15) is 5.10 Å². The molecule has 0 spiro atoms. The van der Waals surface area contributed by atoms with Crippen LogP contribution in [0, 0.1) is 3.57 Å². The molecule has 0 fully saturated rings. The Labute approximate surface area is 222 Å². The topological polar surface area (TPSA) is 131 Å². The summed E-state index contributed by atoms with van der Waals surface area (Å²) in [6.07, 6.45) is 2.82. The van der Waals surface area contributed by atoms with Crippen molar-refractivity contribution in [3.63, 3.8) is 0 Å². The van der Waals surface area contributed by atoms with E-state index in [1.165, 1.54) is 19.6 Å². The molecule has 1 heterocycles. The Kier molecular flexibility index (Phi) is 9.66. The summed E-state index contributed by atoms with van der Waals surface area (Å²) in [5.41, 5.74) is 3.38. The van der Waals surface area contributed by atoms with Gasteiger partial charge in [-0.15, -0.1) is 0 Å². The molecule has 12 heteroatoms. The second-order valence-corrected chi connectivity index (χ2v) is 8.92. The molecule has 3 rings (SSSR count). The van der Waals surface area contributed by atoms with Gasteiger partial charge in [0.1, 0.15) is 5.76 Å². The van der Waals surface area contributed by atoms with Crippen LogP contribution in [0.3, 0.4) is 0 Å². The van der Waals surface area contributed by atoms with Crippen molar-refractivity contribution in [2.45, 2.75) is 6.54 Å². The SMILES string of the molecule is COc1cc(/C=N\NC(=O)C(=O)NCc2ccco2)cc(I)c1OCC(=O)Nc1ccc(Br)cc1. The molecule has 0 aliphatic carbocycles. The molecule has 3 aromatic rings. The number of amides is 3. The second-order valence-electron chi connectivity index (χ2n) is 6.84. The molecular weight excluding hydrogens is 635 g/mol. The van der Waals surface area contributed by atoms with Crippen molar-refractivity contribution in [1.29, 1.82) is 0 Å². The maximum atomic E-state index is 12.2. The Morgan fingerprint density at radius 1 is 1.14 bits per heavy atom. The fourth-order valence-electron chi connectivity index (χ4n) is 2.70. The van der Waals surface area contributed by atoms with E-state index in [0.717, 1.165) is 4.47 Å². The lowest BCUT2D eigenvalue weighted by Gasteiger charge is -2.13. The summed E-state index contributed by atoms with van der Waals surface area (Å²) < 4.78 is 17.7. The number of hydrazone groups is 1. The molecule has 0 unspecified atom stereocenters. The third kappa shape index (κ3) is 8.10. The average molecular weight is 655 g/mol. The number of hydrogen-bond acceptors (Lipinski definition) is 7. The molecule has 182 valence electrons. The largest absolute Gasteiger partial charge is 0.493 e. The van der Waals surface area contributed by atoms with E-state index >= 15 is 0 Å². The third-order valence-corrected chi connectivity index (χ3v) is 5.65. The highest BCUT2D eigenvalue weighted by Gasteiger charge is 2.15. The minimum absolute atomic E-state index is 0.0843. The van der Waals surface area contributed by atoms with Crippen molar-refractivity contribution in [3.05, 3.63) is 74.2 Å². The predicted molar refractivity (Wildman–Crippen MR) is 140 cm³/mol. The number of furan rings is 1. The first-order valence-corrected chi connectivity index (χ1v) is 11.9. The molecule has 35 heavy (non-hydrogen) atoms. The van der Waals surface area contributed by atoms with E-state index < -0.39 is 11.8 Å². The van der Waals surface area contributed by atoms with Gasteiger partial charge in [-0.05, 0) is 76.7 Å². The van der Waals surface area contributed by atoms with Crippen molar-refractivity contribution in [2.75, 3.05) is 19.0 Å². The minimum atomic E-state index is -0.925. The summed E-state index contributed by atoms with van der Waals surface area (Å²) in [7, 11) is 1.46. The number of methoxy groups -OCH3 is 1. The Hall–Kier alpha value is -3.39.